The molecule has 0 aromatic carbocycles. The van der Waals surface area contributed by atoms with Crippen molar-refractivity contribution in [3.05, 3.63) is 11.6 Å². The molecule has 0 atom stereocenters. The van der Waals surface area contributed by atoms with Crippen LogP contribution in [0.2, 0.25) is 0 Å². The van der Waals surface area contributed by atoms with E-state index in [1.54, 1.807) is 0 Å². The van der Waals surface area contributed by atoms with E-state index in [2.05, 4.69) is 6.92 Å². The van der Waals surface area contributed by atoms with Crippen molar-refractivity contribution in [2.75, 3.05) is 0 Å². The Balaban J connectivity index is 2.22. The molecule has 0 bridgehead atoms. The first-order valence-electron chi connectivity index (χ1n) is 3.90. The molecule has 2 aliphatic carbocycles. The average molecular weight is 136 g/mol. The molecule has 0 amide bonds. The van der Waals surface area contributed by atoms with Gasteiger partial charge in [-0.05, 0) is 37.7 Å². The van der Waals surface area contributed by atoms with Crippen LogP contribution in [0, 0.1) is 5.41 Å². The molecule has 0 aromatic rings. The second-order valence-corrected chi connectivity index (χ2v) is 3.81. The molecule has 1 fully saturated rings. The molecular weight excluding hydrogens is 124 g/mol. The Hall–Kier alpha value is -0.590. The fourth-order valence-electron chi connectivity index (χ4n) is 1.93. The molecule has 10 heavy (non-hydrogen) atoms. The summed E-state index contributed by atoms with van der Waals surface area (Å²) in [6.07, 6.45) is 6.38. The third-order valence-electron chi connectivity index (χ3n) is 2.57. The van der Waals surface area contributed by atoms with Gasteiger partial charge in [0.05, 0.1) is 0 Å². The molecule has 0 aliphatic heterocycles. The van der Waals surface area contributed by atoms with Gasteiger partial charge in [0, 0.05) is 6.42 Å². The van der Waals surface area contributed by atoms with Gasteiger partial charge >= 0.3 is 0 Å². The van der Waals surface area contributed by atoms with Gasteiger partial charge in [-0.15, -0.1) is 0 Å². The Labute approximate surface area is 61.1 Å². The van der Waals surface area contributed by atoms with Crippen molar-refractivity contribution in [1.82, 2.24) is 0 Å². The fourth-order valence-corrected chi connectivity index (χ4v) is 1.93. The Morgan fingerprint density at radius 2 is 2.10 bits per heavy atom. The highest BCUT2D eigenvalue weighted by molar-refractivity contribution is 5.92. The summed E-state index contributed by atoms with van der Waals surface area (Å²) in [6.45, 7) is 2.07. The van der Waals surface area contributed by atoms with E-state index in [9.17, 15) is 4.79 Å². The maximum Gasteiger partial charge on any atom is 0.156 e. The summed E-state index contributed by atoms with van der Waals surface area (Å²) >= 11 is 0. The van der Waals surface area contributed by atoms with Crippen molar-refractivity contribution in [3.63, 3.8) is 0 Å². The summed E-state index contributed by atoms with van der Waals surface area (Å²) in [5, 5.41) is 0. The lowest BCUT2D eigenvalue weighted by atomic mass is 9.86. The molecule has 1 heteroatoms. The van der Waals surface area contributed by atoms with Gasteiger partial charge in [-0.3, -0.25) is 4.79 Å². The molecule has 0 saturated heterocycles. The SMILES string of the molecule is CC1=CC(=O)CC2(CC2)C1. The van der Waals surface area contributed by atoms with E-state index < -0.39 is 0 Å². The topological polar surface area (TPSA) is 17.1 Å². The maximum atomic E-state index is 11.1. The van der Waals surface area contributed by atoms with Crippen molar-refractivity contribution >= 4 is 5.78 Å². The van der Waals surface area contributed by atoms with Crippen LogP contribution < -0.4 is 0 Å². The third-order valence-corrected chi connectivity index (χ3v) is 2.57. The van der Waals surface area contributed by atoms with Crippen molar-refractivity contribution in [2.45, 2.75) is 32.6 Å². The zero-order chi connectivity index (χ0) is 7.19. The number of rotatable bonds is 0. The monoisotopic (exact) mass is 136 g/mol. The van der Waals surface area contributed by atoms with Crippen LogP contribution in [0.4, 0.5) is 0 Å². The summed E-state index contributed by atoms with van der Waals surface area (Å²) in [5.74, 6) is 0.348. The first-order valence-corrected chi connectivity index (χ1v) is 3.90. The number of allylic oxidation sites excluding steroid dienone is 2. The molecule has 0 heterocycles. The molecule has 54 valence electrons. The summed E-state index contributed by atoms with van der Waals surface area (Å²) in [7, 11) is 0. The highest BCUT2D eigenvalue weighted by Crippen LogP contribution is 2.55. The zero-order valence-corrected chi connectivity index (χ0v) is 6.31. The molecule has 0 unspecified atom stereocenters. The second-order valence-electron chi connectivity index (χ2n) is 3.81. The molecule has 1 nitrogen and oxygen atoms in total. The molecule has 2 rings (SSSR count). The Bertz CT molecular complexity index is 209. The van der Waals surface area contributed by atoms with Crippen molar-refractivity contribution < 1.29 is 4.79 Å². The first kappa shape index (κ1) is 6.14. The maximum absolute atomic E-state index is 11.1. The Morgan fingerprint density at radius 3 is 2.60 bits per heavy atom. The van der Waals surface area contributed by atoms with Crippen LogP contribution in [0.25, 0.3) is 0 Å². The number of hydrogen-bond donors (Lipinski definition) is 0. The van der Waals surface area contributed by atoms with E-state index in [-0.39, 0.29) is 0 Å². The van der Waals surface area contributed by atoms with Crippen molar-refractivity contribution in [2.24, 2.45) is 5.41 Å². The summed E-state index contributed by atoms with van der Waals surface area (Å²) in [4.78, 5) is 11.1. The molecule has 0 aromatic heterocycles. The first-order chi connectivity index (χ1) is 4.70. The van der Waals surface area contributed by atoms with Crippen LogP contribution in [0.1, 0.15) is 32.6 Å². The predicted octanol–water partition coefficient (Wildman–Crippen LogP) is 2.08. The Kier molecular flexibility index (Phi) is 1.05. The normalized spacial score (nSPS) is 28.5. The minimum Gasteiger partial charge on any atom is -0.295 e. The van der Waals surface area contributed by atoms with Crippen LogP contribution in [0.5, 0.6) is 0 Å². The van der Waals surface area contributed by atoms with Gasteiger partial charge in [0.2, 0.25) is 0 Å². The number of carbonyl (C=O) groups excluding carboxylic acids is 1. The van der Waals surface area contributed by atoms with E-state index in [1.165, 1.54) is 24.8 Å². The Morgan fingerprint density at radius 1 is 1.40 bits per heavy atom. The molecule has 0 radical (unpaired) electrons. The van der Waals surface area contributed by atoms with E-state index in [0.29, 0.717) is 11.2 Å². The lowest BCUT2D eigenvalue weighted by Gasteiger charge is -2.18. The molecular formula is C9H12O. The van der Waals surface area contributed by atoms with Gasteiger partial charge in [-0.2, -0.15) is 0 Å². The summed E-state index contributed by atoms with van der Waals surface area (Å²) < 4.78 is 0. The molecule has 1 saturated carbocycles. The van der Waals surface area contributed by atoms with Crippen molar-refractivity contribution in [3.8, 4) is 0 Å². The minimum absolute atomic E-state index is 0.348. The summed E-state index contributed by atoms with van der Waals surface area (Å²) in [6, 6.07) is 0. The lowest BCUT2D eigenvalue weighted by Crippen LogP contribution is -2.13. The molecule has 0 N–H and O–H groups in total. The van der Waals surface area contributed by atoms with Crippen LogP contribution >= 0.6 is 0 Å². The highest BCUT2D eigenvalue weighted by Gasteiger charge is 2.45. The van der Waals surface area contributed by atoms with E-state index in [0.717, 1.165) is 6.42 Å². The molecule has 1 spiro atoms. The second kappa shape index (κ2) is 1.71. The number of ketones is 1. The fraction of sp³-hybridized carbons (Fsp3) is 0.667. The third kappa shape index (κ3) is 0.898. The smallest absolute Gasteiger partial charge is 0.156 e. The zero-order valence-electron chi connectivity index (χ0n) is 6.31. The number of carbonyl (C=O) groups is 1. The largest absolute Gasteiger partial charge is 0.295 e. The lowest BCUT2D eigenvalue weighted by molar-refractivity contribution is -0.116. The summed E-state index contributed by atoms with van der Waals surface area (Å²) in [5.41, 5.74) is 1.74. The highest BCUT2D eigenvalue weighted by atomic mass is 16.1. The van der Waals surface area contributed by atoms with Crippen LogP contribution in [-0.4, -0.2) is 5.78 Å². The average Bonchev–Trinajstić information content (AvgIpc) is 2.44. The van der Waals surface area contributed by atoms with Gasteiger partial charge in [-0.1, -0.05) is 5.57 Å². The molecule has 2 aliphatic rings. The van der Waals surface area contributed by atoms with Crippen LogP contribution in [-0.2, 0) is 4.79 Å². The van der Waals surface area contributed by atoms with Crippen LogP contribution in [0.15, 0.2) is 11.6 Å². The van der Waals surface area contributed by atoms with Gasteiger partial charge in [0.1, 0.15) is 0 Å². The van der Waals surface area contributed by atoms with E-state index in [4.69, 9.17) is 0 Å². The van der Waals surface area contributed by atoms with Gasteiger partial charge < -0.3 is 0 Å². The van der Waals surface area contributed by atoms with E-state index in [1.807, 2.05) is 6.08 Å². The predicted molar refractivity (Wildman–Crippen MR) is 39.7 cm³/mol. The number of hydrogen-bond acceptors (Lipinski definition) is 1. The standard InChI is InChI=1S/C9H12O/c1-7-4-8(10)6-9(5-7)2-3-9/h4H,2-3,5-6H2,1H3. The minimum atomic E-state index is 0.348. The van der Waals surface area contributed by atoms with Gasteiger partial charge in [0.15, 0.2) is 5.78 Å². The van der Waals surface area contributed by atoms with Gasteiger partial charge in [-0.25, -0.2) is 0 Å². The van der Waals surface area contributed by atoms with Crippen LogP contribution in [0.3, 0.4) is 0 Å². The van der Waals surface area contributed by atoms with Crippen molar-refractivity contribution in [1.29, 1.82) is 0 Å². The quantitative estimate of drug-likeness (QED) is 0.498. The van der Waals surface area contributed by atoms with E-state index >= 15 is 0 Å². The van der Waals surface area contributed by atoms with Gasteiger partial charge in [0.25, 0.3) is 0 Å².